The van der Waals surface area contributed by atoms with E-state index in [4.69, 9.17) is 0 Å². The number of hydrogen-bond acceptors (Lipinski definition) is 3. The van der Waals surface area contributed by atoms with E-state index in [1.54, 1.807) is 28.0 Å². The molecule has 2 amide bonds. The van der Waals surface area contributed by atoms with Gasteiger partial charge in [-0.1, -0.05) is 18.2 Å². The highest BCUT2D eigenvalue weighted by atomic mass is 16.4. The Balaban J connectivity index is 2.14. The Morgan fingerprint density at radius 1 is 1.21 bits per heavy atom. The maximum atomic E-state index is 12.7. The zero-order valence-corrected chi connectivity index (χ0v) is 14.2. The molecule has 0 aliphatic carbocycles. The van der Waals surface area contributed by atoms with Gasteiger partial charge in [0.2, 0.25) is 11.8 Å². The summed E-state index contributed by atoms with van der Waals surface area (Å²) >= 11 is 0. The summed E-state index contributed by atoms with van der Waals surface area (Å²) in [6.45, 7) is 5.63. The van der Waals surface area contributed by atoms with Crippen LogP contribution in [0.4, 0.5) is 0 Å². The number of rotatable bonds is 6. The number of nitrogens with zero attached hydrogens (tertiary/aromatic N) is 2. The van der Waals surface area contributed by atoms with Crippen molar-refractivity contribution in [2.75, 3.05) is 19.6 Å². The number of hydrogen-bond donors (Lipinski definition) is 1. The van der Waals surface area contributed by atoms with E-state index in [2.05, 4.69) is 0 Å². The Hall–Kier alpha value is -2.37. The van der Waals surface area contributed by atoms with Gasteiger partial charge in [0.15, 0.2) is 0 Å². The molecule has 1 aliphatic rings. The van der Waals surface area contributed by atoms with Crippen LogP contribution in [0.25, 0.3) is 0 Å². The van der Waals surface area contributed by atoms with Gasteiger partial charge in [0.1, 0.15) is 6.04 Å². The van der Waals surface area contributed by atoms with Crippen LogP contribution in [-0.2, 0) is 16.0 Å². The Morgan fingerprint density at radius 3 is 2.50 bits per heavy atom. The number of likely N-dealkylation sites (N-methyl/N-ethyl adjacent to an activating group) is 1. The molecule has 130 valence electrons. The summed E-state index contributed by atoms with van der Waals surface area (Å²) < 4.78 is 0. The molecule has 1 aromatic rings. The van der Waals surface area contributed by atoms with E-state index in [0.29, 0.717) is 31.6 Å². The van der Waals surface area contributed by atoms with Crippen LogP contribution in [0.1, 0.15) is 42.6 Å². The number of benzene rings is 1. The molecule has 0 radical (unpaired) electrons. The van der Waals surface area contributed by atoms with Gasteiger partial charge in [-0.25, -0.2) is 4.79 Å². The van der Waals surface area contributed by atoms with Crippen molar-refractivity contribution in [2.24, 2.45) is 0 Å². The van der Waals surface area contributed by atoms with E-state index in [0.717, 1.165) is 6.42 Å². The molecule has 1 unspecified atom stereocenters. The van der Waals surface area contributed by atoms with Crippen LogP contribution in [0, 0.1) is 0 Å². The first kappa shape index (κ1) is 18.0. The zero-order chi connectivity index (χ0) is 17.7. The molecule has 1 atom stereocenters. The molecule has 1 aromatic carbocycles. The molecule has 1 aliphatic heterocycles. The molecule has 1 N–H and O–H groups in total. The van der Waals surface area contributed by atoms with Crippen LogP contribution >= 0.6 is 0 Å². The fourth-order valence-electron chi connectivity index (χ4n) is 3.22. The highest BCUT2D eigenvalue weighted by molar-refractivity contribution is 5.93. The summed E-state index contributed by atoms with van der Waals surface area (Å²) in [5.74, 6) is -1.25. The van der Waals surface area contributed by atoms with E-state index >= 15 is 0 Å². The van der Waals surface area contributed by atoms with Crippen molar-refractivity contribution in [1.29, 1.82) is 0 Å². The molecular formula is C18H24N2O4. The van der Waals surface area contributed by atoms with Crippen molar-refractivity contribution in [2.45, 2.75) is 39.2 Å². The Morgan fingerprint density at radius 2 is 1.88 bits per heavy atom. The lowest BCUT2D eigenvalue weighted by atomic mass is 10.0. The fraction of sp³-hybridized carbons (Fsp3) is 0.500. The summed E-state index contributed by atoms with van der Waals surface area (Å²) in [5.41, 5.74) is 0.618. The van der Waals surface area contributed by atoms with Gasteiger partial charge in [-0.3, -0.25) is 9.59 Å². The second kappa shape index (κ2) is 7.95. The van der Waals surface area contributed by atoms with Crippen LogP contribution in [0.5, 0.6) is 0 Å². The number of carbonyl (C=O) groups is 3. The lowest BCUT2D eigenvalue weighted by Crippen LogP contribution is -2.48. The lowest BCUT2D eigenvalue weighted by molar-refractivity contribution is -0.143. The predicted molar refractivity (Wildman–Crippen MR) is 89.8 cm³/mol. The minimum Gasteiger partial charge on any atom is -0.478 e. The van der Waals surface area contributed by atoms with Crippen molar-refractivity contribution >= 4 is 17.8 Å². The Bertz CT molecular complexity index is 625. The van der Waals surface area contributed by atoms with Crippen molar-refractivity contribution in [3.63, 3.8) is 0 Å². The van der Waals surface area contributed by atoms with Crippen molar-refractivity contribution < 1.29 is 19.5 Å². The lowest BCUT2D eigenvalue weighted by Gasteiger charge is -2.29. The number of likely N-dealkylation sites (tertiary alicyclic amines) is 1. The summed E-state index contributed by atoms with van der Waals surface area (Å²) in [6, 6.07) is 6.08. The van der Waals surface area contributed by atoms with Gasteiger partial charge in [0.25, 0.3) is 0 Å². The summed E-state index contributed by atoms with van der Waals surface area (Å²) in [4.78, 5) is 39.9. The average Bonchev–Trinajstić information content (AvgIpc) is 3.05. The molecule has 0 bridgehead atoms. The van der Waals surface area contributed by atoms with Gasteiger partial charge in [0.05, 0.1) is 12.0 Å². The smallest absolute Gasteiger partial charge is 0.335 e. The Kier molecular flexibility index (Phi) is 5.95. The second-order valence-corrected chi connectivity index (χ2v) is 5.89. The van der Waals surface area contributed by atoms with Gasteiger partial charge in [-0.2, -0.15) is 0 Å². The van der Waals surface area contributed by atoms with Crippen LogP contribution in [0.3, 0.4) is 0 Å². The monoisotopic (exact) mass is 332 g/mol. The SMILES string of the molecule is CCN(CC)C(=O)C1CCCN1C(=O)Cc1ccccc1C(=O)O. The van der Waals surface area contributed by atoms with Gasteiger partial charge >= 0.3 is 5.97 Å². The maximum absolute atomic E-state index is 12.7. The van der Waals surface area contributed by atoms with E-state index in [9.17, 15) is 19.5 Å². The van der Waals surface area contributed by atoms with Crippen molar-refractivity contribution in [1.82, 2.24) is 9.80 Å². The molecule has 24 heavy (non-hydrogen) atoms. The number of carbonyl (C=O) groups excluding carboxylic acids is 2. The van der Waals surface area contributed by atoms with Crippen LogP contribution in [0.15, 0.2) is 24.3 Å². The Labute approximate surface area is 142 Å². The molecule has 2 rings (SSSR count). The van der Waals surface area contributed by atoms with Gasteiger partial charge in [-0.15, -0.1) is 0 Å². The topological polar surface area (TPSA) is 77.9 Å². The summed E-state index contributed by atoms with van der Waals surface area (Å²) in [7, 11) is 0. The van der Waals surface area contributed by atoms with Gasteiger partial charge in [-0.05, 0) is 38.3 Å². The second-order valence-electron chi connectivity index (χ2n) is 5.89. The third-order valence-electron chi connectivity index (χ3n) is 4.52. The highest BCUT2D eigenvalue weighted by Gasteiger charge is 2.35. The number of carboxylic acids is 1. The quantitative estimate of drug-likeness (QED) is 0.861. The molecular weight excluding hydrogens is 308 g/mol. The summed E-state index contributed by atoms with van der Waals surface area (Å²) in [6.07, 6.45) is 1.47. The van der Waals surface area contributed by atoms with E-state index < -0.39 is 12.0 Å². The van der Waals surface area contributed by atoms with Crippen molar-refractivity contribution in [3.05, 3.63) is 35.4 Å². The predicted octanol–water partition coefficient (Wildman–Crippen LogP) is 1.79. The number of aromatic carboxylic acids is 1. The molecule has 1 saturated heterocycles. The number of amides is 2. The third kappa shape index (κ3) is 3.75. The molecule has 6 nitrogen and oxygen atoms in total. The first-order chi connectivity index (χ1) is 11.5. The number of carboxylic acid groups (broad SMARTS) is 1. The molecule has 6 heteroatoms. The maximum Gasteiger partial charge on any atom is 0.335 e. The third-order valence-corrected chi connectivity index (χ3v) is 4.52. The zero-order valence-electron chi connectivity index (χ0n) is 14.2. The van der Waals surface area contributed by atoms with Crippen molar-refractivity contribution in [3.8, 4) is 0 Å². The molecule has 0 spiro atoms. The molecule has 0 aromatic heterocycles. The fourth-order valence-corrected chi connectivity index (χ4v) is 3.22. The van der Waals surface area contributed by atoms with E-state index in [1.165, 1.54) is 6.07 Å². The minimum absolute atomic E-state index is 0.00447. The summed E-state index contributed by atoms with van der Waals surface area (Å²) in [5, 5.41) is 9.24. The normalized spacial score (nSPS) is 16.9. The van der Waals surface area contributed by atoms with Crippen LogP contribution < -0.4 is 0 Å². The molecule has 1 heterocycles. The van der Waals surface area contributed by atoms with E-state index in [1.807, 2.05) is 13.8 Å². The molecule has 0 saturated carbocycles. The average molecular weight is 332 g/mol. The first-order valence-corrected chi connectivity index (χ1v) is 8.39. The first-order valence-electron chi connectivity index (χ1n) is 8.39. The van der Waals surface area contributed by atoms with Crippen LogP contribution in [-0.4, -0.2) is 58.4 Å². The standard InChI is InChI=1S/C18H24N2O4/c1-3-19(4-2)17(22)15-10-7-11-20(15)16(21)12-13-8-5-6-9-14(13)18(23)24/h5-6,8-9,15H,3-4,7,10-12H2,1-2H3,(H,23,24). The highest BCUT2D eigenvalue weighted by Crippen LogP contribution is 2.21. The van der Waals surface area contributed by atoms with E-state index in [-0.39, 0.29) is 23.8 Å². The minimum atomic E-state index is -1.05. The van der Waals surface area contributed by atoms with Gasteiger partial charge < -0.3 is 14.9 Å². The van der Waals surface area contributed by atoms with Crippen LogP contribution in [0.2, 0.25) is 0 Å². The largest absolute Gasteiger partial charge is 0.478 e. The molecule has 1 fully saturated rings. The van der Waals surface area contributed by atoms with Gasteiger partial charge in [0, 0.05) is 19.6 Å².